The van der Waals surface area contributed by atoms with Crippen LogP contribution in [0.1, 0.15) is 98.3 Å². The van der Waals surface area contributed by atoms with E-state index in [1.54, 1.807) is 46.4 Å². The lowest BCUT2D eigenvalue weighted by Gasteiger charge is -2.30. The molecule has 3 amide bonds. The van der Waals surface area contributed by atoms with Crippen molar-refractivity contribution in [1.82, 2.24) is 30.3 Å². The van der Waals surface area contributed by atoms with Gasteiger partial charge < -0.3 is 35.1 Å². The number of likely N-dealkylation sites (tertiary alicyclic amines) is 1. The van der Waals surface area contributed by atoms with Crippen LogP contribution in [0, 0.1) is 24.2 Å². The van der Waals surface area contributed by atoms with Crippen LogP contribution >= 0.6 is 22.9 Å². The van der Waals surface area contributed by atoms with Gasteiger partial charge in [-0.25, -0.2) is 4.98 Å². The molecule has 4 heterocycles. The number of hydrogen-bond donors (Lipinski definition) is 4. The topological polar surface area (TPSA) is 188 Å². The largest absolute Gasteiger partial charge is 0.490 e. The van der Waals surface area contributed by atoms with Gasteiger partial charge in [0.1, 0.15) is 18.0 Å². The number of β-amino-alcohol motifs (C(OH)–C–C–N with tert-alkyl or cyclic N) is 1. The van der Waals surface area contributed by atoms with Crippen LogP contribution in [0.2, 0.25) is 5.02 Å². The van der Waals surface area contributed by atoms with Crippen molar-refractivity contribution in [3.05, 3.63) is 130 Å². The van der Waals surface area contributed by atoms with E-state index in [0.717, 1.165) is 64.4 Å². The number of unbranched alkanes of at least 4 members (excludes halogenated alkanes) is 2. The Bertz CT molecular complexity index is 2670. The Morgan fingerprint density at radius 2 is 1.75 bits per heavy atom. The number of amides is 3. The predicted molar refractivity (Wildman–Crippen MR) is 260 cm³/mol. The molecule has 3 aromatic heterocycles. The zero-order valence-electron chi connectivity index (χ0n) is 38.4. The fraction of sp³-hybridized carbons (Fsp3) is 0.373. The summed E-state index contributed by atoms with van der Waals surface area (Å²) in [5, 5.41) is 34.4. The lowest BCUT2D eigenvalue weighted by atomic mass is 9.91. The summed E-state index contributed by atoms with van der Waals surface area (Å²) in [5.41, 5.74) is 8.20. The van der Waals surface area contributed by atoms with E-state index in [1.807, 2.05) is 94.9 Å². The molecule has 0 bridgehead atoms. The second kappa shape index (κ2) is 22.3. The van der Waals surface area contributed by atoms with Gasteiger partial charge in [-0.1, -0.05) is 55.8 Å². The van der Waals surface area contributed by atoms with Crippen LogP contribution < -0.4 is 20.7 Å². The van der Waals surface area contributed by atoms with Crippen molar-refractivity contribution in [1.29, 1.82) is 5.26 Å². The molecule has 350 valence electrons. The van der Waals surface area contributed by atoms with Gasteiger partial charge in [-0.15, -0.1) is 11.3 Å². The second-order valence-electron chi connectivity index (χ2n) is 17.4. The number of halogens is 1. The van der Waals surface area contributed by atoms with Crippen molar-refractivity contribution < 1.29 is 28.6 Å². The SMILES string of the molecule is Cc1ncsc1-c1ccc([C@H](C)NC(=O)C2C[C@@H](O)CN2C(=O)C(c2occc2OCCCCCNc2ccc(C(=O)NC(C)Cn3ccc(-c4ccc(C#N)c(Cl)c4)n3)cc2)C(C)C)cc1. The van der Waals surface area contributed by atoms with Gasteiger partial charge in [0.2, 0.25) is 11.8 Å². The predicted octanol–water partition coefficient (Wildman–Crippen LogP) is 9.16. The van der Waals surface area contributed by atoms with Crippen molar-refractivity contribution >= 4 is 46.3 Å². The van der Waals surface area contributed by atoms with Gasteiger partial charge in [-0.3, -0.25) is 19.1 Å². The molecule has 1 fully saturated rings. The third-order valence-corrected chi connectivity index (χ3v) is 13.2. The maximum absolute atomic E-state index is 14.3. The number of carbonyl (C=O) groups is 3. The first kappa shape index (κ1) is 48.5. The number of aliphatic hydroxyl groups is 1. The summed E-state index contributed by atoms with van der Waals surface area (Å²) < 4.78 is 13.8. The standard InChI is InChI=1S/C51H57ClN8O6S/c1-31(2)46(51(64)60-29-41(61)26-44(60)50(63)57-33(4)35-9-11-36(12-10-35)48-34(5)55-30-67-48)47-45(20-24-66-47)65-23-8-6-7-21-54-40-17-15-37(16-18-40)49(62)56-32(3)28-59-22-19-43(58-59)38-13-14-39(27-53)42(52)25-38/h9-20,22,24-25,30-33,41,44,46,54,61H,6-8,21,23,26,28-29H2,1-5H3,(H,56,62)(H,57,63)/t32?,33-,41+,44?,46?/m0/s1. The second-order valence-corrected chi connectivity index (χ2v) is 18.7. The Hall–Kier alpha value is -6.47. The fourth-order valence-electron chi connectivity index (χ4n) is 8.31. The number of rotatable bonds is 20. The number of aryl methyl sites for hydroxylation is 1. The molecule has 7 rings (SSSR count). The van der Waals surface area contributed by atoms with Crippen LogP contribution in [-0.4, -0.2) is 80.4 Å². The number of benzene rings is 3. The summed E-state index contributed by atoms with van der Waals surface area (Å²) in [5.74, 6) is -0.757. The number of nitriles is 1. The summed E-state index contributed by atoms with van der Waals surface area (Å²) >= 11 is 7.79. The van der Waals surface area contributed by atoms with Crippen LogP contribution in [-0.2, 0) is 16.1 Å². The zero-order chi connectivity index (χ0) is 47.6. The van der Waals surface area contributed by atoms with Crippen LogP contribution in [0.5, 0.6) is 5.75 Å². The number of thiazole rings is 1. The number of aromatic nitrogens is 3. The van der Waals surface area contributed by atoms with Crippen molar-refractivity contribution in [2.24, 2.45) is 5.92 Å². The summed E-state index contributed by atoms with van der Waals surface area (Å²) in [4.78, 5) is 48.0. The molecule has 1 saturated heterocycles. The third-order valence-electron chi connectivity index (χ3n) is 11.9. The first-order valence-corrected chi connectivity index (χ1v) is 23.9. The number of hydrogen-bond acceptors (Lipinski definition) is 11. The molecule has 67 heavy (non-hydrogen) atoms. The van der Waals surface area contributed by atoms with Crippen LogP contribution in [0.4, 0.5) is 5.69 Å². The average Bonchev–Trinajstić information content (AvgIpc) is 4.15. The Labute approximate surface area is 400 Å². The van der Waals surface area contributed by atoms with Crippen molar-refractivity contribution in [2.75, 3.05) is 25.0 Å². The molecule has 1 aliphatic rings. The minimum Gasteiger partial charge on any atom is -0.490 e. The molecule has 0 spiro atoms. The Morgan fingerprint density at radius 3 is 2.45 bits per heavy atom. The number of nitrogens with one attached hydrogen (secondary N) is 3. The Morgan fingerprint density at radius 1 is 0.985 bits per heavy atom. The smallest absolute Gasteiger partial charge is 0.251 e. The summed E-state index contributed by atoms with van der Waals surface area (Å²) in [6.07, 6.45) is 5.24. The Balaban J connectivity index is 0.830. The van der Waals surface area contributed by atoms with E-state index in [0.29, 0.717) is 40.8 Å². The third kappa shape index (κ3) is 12.1. The molecule has 14 nitrogen and oxygen atoms in total. The average molecular weight is 946 g/mol. The molecule has 1 aliphatic heterocycles. The van der Waals surface area contributed by atoms with Gasteiger partial charge in [0.15, 0.2) is 11.5 Å². The molecule has 4 N–H and O–H groups in total. The van der Waals surface area contributed by atoms with Gasteiger partial charge in [0, 0.05) is 54.6 Å². The molecule has 0 radical (unpaired) electrons. The highest BCUT2D eigenvalue weighted by Crippen LogP contribution is 2.37. The maximum Gasteiger partial charge on any atom is 0.251 e. The van der Waals surface area contributed by atoms with Gasteiger partial charge in [-0.05, 0) is 99.5 Å². The van der Waals surface area contributed by atoms with E-state index in [4.69, 9.17) is 26.0 Å². The van der Waals surface area contributed by atoms with E-state index in [2.05, 4.69) is 32.1 Å². The lowest BCUT2D eigenvalue weighted by Crippen LogP contribution is -2.48. The monoisotopic (exact) mass is 944 g/mol. The zero-order valence-corrected chi connectivity index (χ0v) is 39.9. The molecule has 3 unspecified atom stereocenters. The molecule has 0 aliphatic carbocycles. The highest BCUT2D eigenvalue weighted by Gasteiger charge is 2.44. The number of furan rings is 1. The van der Waals surface area contributed by atoms with E-state index >= 15 is 0 Å². The van der Waals surface area contributed by atoms with E-state index in [1.165, 1.54) is 11.2 Å². The van der Waals surface area contributed by atoms with Gasteiger partial charge in [-0.2, -0.15) is 10.4 Å². The number of nitrogens with zero attached hydrogens (tertiary/aromatic N) is 5. The summed E-state index contributed by atoms with van der Waals surface area (Å²) in [6.45, 7) is 11.4. The molecule has 16 heteroatoms. The molecular formula is C51H57ClN8O6S. The van der Waals surface area contributed by atoms with Gasteiger partial charge >= 0.3 is 0 Å². The number of anilines is 1. The molecule has 6 aromatic rings. The molecular weight excluding hydrogens is 888 g/mol. The Kier molecular flexibility index (Phi) is 16.2. The summed E-state index contributed by atoms with van der Waals surface area (Å²) in [7, 11) is 0. The number of ether oxygens (including phenoxy) is 1. The minimum atomic E-state index is -0.830. The lowest BCUT2D eigenvalue weighted by molar-refractivity contribution is -0.141. The summed E-state index contributed by atoms with van der Waals surface area (Å²) in [6, 6.07) is 24.9. The van der Waals surface area contributed by atoms with Crippen molar-refractivity contribution in [3.8, 4) is 33.5 Å². The minimum absolute atomic E-state index is 0.0522. The quantitative estimate of drug-likeness (QED) is 0.0538. The van der Waals surface area contributed by atoms with Crippen LogP contribution in [0.15, 0.2) is 101 Å². The van der Waals surface area contributed by atoms with Crippen molar-refractivity contribution in [2.45, 2.75) is 97.0 Å². The first-order valence-electron chi connectivity index (χ1n) is 22.7. The number of carbonyl (C=O) groups excluding carboxylic acids is 3. The fourth-order valence-corrected chi connectivity index (χ4v) is 9.34. The van der Waals surface area contributed by atoms with Gasteiger partial charge in [0.05, 0.1) is 63.9 Å². The van der Waals surface area contributed by atoms with Crippen molar-refractivity contribution in [3.63, 3.8) is 0 Å². The molecule has 3 aromatic carbocycles. The highest BCUT2D eigenvalue weighted by atomic mass is 35.5. The molecule has 0 saturated carbocycles. The van der Waals surface area contributed by atoms with E-state index in [9.17, 15) is 19.5 Å². The maximum atomic E-state index is 14.3. The van der Waals surface area contributed by atoms with E-state index in [-0.39, 0.29) is 48.7 Å². The van der Waals surface area contributed by atoms with E-state index < -0.39 is 18.1 Å². The highest BCUT2D eigenvalue weighted by molar-refractivity contribution is 7.13. The van der Waals surface area contributed by atoms with Gasteiger partial charge in [0.25, 0.3) is 5.91 Å². The molecule has 5 atom stereocenters. The first-order chi connectivity index (χ1) is 32.3. The van der Waals surface area contributed by atoms with Crippen LogP contribution in [0.25, 0.3) is 21.7 Å². The van der Waals surface area contributed by atoms with Crippen LogP contribution in [0.3, 0.4) is 0 Å². The normalized spacial score (nSPS) is 16.0. The number of aliphatic hydroxyl groups excluding tert-OH is 1.